The average molecular weight is 450 g/mol. The predicted octanol–water partition coefficient (Wildman–Crippen LogP) is 4.37. The number of anilines is 1. The lowest BCUT2D eigenvalue weighted by Crippen LogP contribution is -2.30. The maximum atomic E-state index is 14.4. The summed E-state index contributed by atoms with van der Waals surface area (Å²) in [5, 5.41) is 3.20. The van der Waals surface area contributed by atoms with Gasteiger partial charge in [0.05, 0.1) is 18.3 Å². The van der Waals surface area contributed by atoms with Gasteiger partial charge in [0.15, 0.2) is 11.6 Å². The molecule has 0 saturated heterocycles. The molecule has 0 unspecified atom stereocenters. The largest absolute Gasteiger partial charge is 0.473 e. The van der Waals surface area contributed by atoms with Gasteiger partial charge in [-0.25, -0.2) is 14.2 Å². The minimum Gasteiger partial charge on any atom is -0.473 e. The number of pyridine rings is 1. The van der Waals surface area contributed by atoms with Crippen molar-refractivity contribution in [1.82, 2.24) is 14.5 Å². The van der Waals surface area contributed by atoms with Gasteiger partial charge in [-0.1, -0.05) is 6.07 Å². The van der Waals surface area contributed by atoms with Crippen LogP contribution in [0.5, 0.6) is 17.4 Å². The number of fused-ring (bicyclic) bond motifs is 1. The molecule has 0 aliphatic carbocycles. The zero-order valence-corrected chi connectivity index (χ0v) is 17.0. The average Bonchev–Trinajstić information content (AvgIpc) is 3.02. The van der Waals surface area contributed by atoms with E-state index in [1.807, 2.05) is 13.8 Å². The number of hydrogen-bond acceptors (Lipinski definition) is 6. The maximum absolute atomic E-state index is 14.4. The molecule has 0 radical (unpaired) electrons. The molecule has 0 bridgehead atoms. The summed E-state index contributed by atoms with van der Waals surface area (Å²) < 4.78 is 64.4. The number of hydrogen-bond donors (Lipinski definition) is 1. The summed E-state index contributed by atoms with van der Waals surface area (Å²) in [6, 6.07) is 7.41. The molecule has 0 atom stereocenters. The van der Waals surface area contributed by atoms with E-state index in [0.717, 1.165) is 24.4 Å². The van der Waals surface area contributed by atoms with Gasteiger partial charge in [-0.2, -0.15) is 18.2 Å². The second kappa shape index (κ2) is 7.81. The molecular formula is C21H18F4N4O3. The number of alkyl halides is 3. The van der Waals surface area contributed by atoms with Crippen LogP contribution in [0.15, 0.2) is 47.4 Å². The van der Waals surface area contributed by atoms with E-state index in [9.17, 15) is 22.4 Å². The number of rotatable bonds is 5. The molecule has 168 valence electrons. The Bertz CT molecular complexity index is 1210. The van der Waals surface area contributed by atoms with Gasteiger partial charge in [0, 0.05) is 6.07 Å². The van der Waals surface area contributed by atoms with Crippen LogP contribution in [0.4, 0.5) is 23.4 Å². The van der Waals surface area contributed by atoms with Crippen molar-refractivity contribution >= 4 is 5.82 Å². The molecule has 0 amide bonds. The van der Waals surface area contributed by atoms with Crippen LogP contribution in [-0.2, 0) is 19.3 Å². The molecule has 2 aromatic heterocycles. The van der Waals surface area contributed by atoms with Gasteiger partial charge >= 0.3 is 11.9 Å². The topological polar surface area (TPSA) is 78.3 Å². The number of aromatic nitrogens is 3. The first-order chi connectivity index (χ1) is 15.0. The van der Waals surface area contributed by atoms with E-state index in [1.165, 1.54) is 16.7 Å². The highest BCUT2D eigenvalue weighted by Gasteiger charge is 2.32. The first-order valence-corrected chi connectivity index (χ1v) is 9.53. The number of halogens is 4. The summed E-state index contributed by atoms with van der Waals surface area (Å²) in [5.41, 5.74) is -1.36. The van der Waals surface area contributed by atoms with E-state index in [1.54, 1.807) is 6.07 Å². The van der Waals surface area contributed by atoms with Crippen molar-refractivity contribution in [2.75, 3.05) is 5.32 Å². The third-order valence-corrected chi connectivity index (χ3v) is 4.65. The molecule has 0 fully saturated rings. The second-order valence-electron chi connectivity index (χ2n) is 7.89. The summed E-state index contributed by atoms with van der Waals surface area (Å²) in [7, 11) is 0. The Morgan fingerprint density at radius 3 is 2.62 bits per heavy atom. The van der Waals surface area contributed by atoms with Gasteiger partial charge in [0.2, 0.25) is 5.88 Å². The van der Waals surface area contributed by atoms with E-state index in [2.05, 4.69) is 15.3 Å². The van der Waals surface area contributed by atoms with Crippen molar-refractivity contribution in [1.29, 1.82) is 0 Å². The van der Waals surface area contributed by atoms with Gasteiger partial charge < -0.3 is 14.8 Å². The molecule has 1 aromatic carbocycles. The molecule has 7 nitrogen and oxygen atoms in total. The fraction of sp³-hybridized carbons (Fsp3) is 0.286. The van der Waals surface area contributed by atoms with Crippen LogP contribution in [0.3, 0.4) is 0 Å². The smallest absolute Gasteiger partial charge is 0.433 e. The SMILES string of the molecule is CC1(C)Cn2c(cc(OCc3ccc(Oc4ccc(C(F)(F)F)nc4)c(F)c3)nc2=O)N1. The first kappa shape index (κ1) is 21.6. The molecular weight excluding hydrogens is 432 g/mol. The molecule has 11 heteroatoms. The fourth-order valence-corrected chi connectivity index (χ4v) is 3.21. The standard InChI is InChI=1S/C21H18F4N4O3/c1-20(2)11-29-17(28-20)8-18(27-19(29)30)31-10-12-3-5-15(14(22)7-12)32-13-4-6-16(26-9-13)21(23,24)25/h3-9,28H,10-11H2,1-2H3. The van der Waals surface area contributed by atoms with Gasteiger partial charge in [-0.15, -0.1) is 0 Å². The van der Waals surface area contributed by atoms with Crippen molar-refractivity contribution in [2.24, 2.45) is 0 Å². The second-order valence-corrected chi connectivity index (χ2v) is 7.89. The van der Waals surface area contributed by atoms with Gasteiger partial charge in [-0.3, -0.25) is 4.57 Å². The Morgan fingerprint density at radius 2 is 1.97 bits per heavy atom. The van der Waals surface area contributed by atoms with Crippen molar-refractivity contribution in [3.8, 4) is 17.4 Å². The van der Waals surface area contributed by atoms with Crippen molar-refractivity contribution in [2.45, 2.75) is 38.7 Å². The highest BCUT2D eigenvalue weighted by molar-refractivity contribution is 5.45. The van der Waals surface area contributed by atoms with Crippen LogP contribution in [0.1, 0.15) is 25.1 Å². The highest BCUT2D eigenvalue weighted by atomic mass is 19.4. The molecule has 0 spiro atoms. The van der Waals surface area contributed by atoms with Crippen LogP contribution in [0, 0.1) is 5.82 Å². The van der Waals surface area contributed by atoms with Gasteiger partial charge in [-0.05, 0) is 43.7 Å². The number of nitrogens with one attached hydrogen (secondary N) is 1. The van der Waals surface area contributed by atoms with E-state index in [4.69, 9.17) is 9.47 Å². The third kappa shape index (κ3) is 4.66. The molecule has 1 aliphatic rings. The van der Waals surface area contributed by atoms with E-state index in [0.29, 0.717) is 17.9 Å². The lowest BCUT2D eigenvalue weighted by atomic mass is 10.1. The quantitative estimate of drug-likeness (QED) is 0.582. The maximum Gasteiger partial charge on any atom is 0.433 e. The van der Waals surface area contributed by atoms with Crippen LogP contribution in [0.25, 0.3) is 0 Å². The number of ether oxygens (including phenoxy) is 2. The first-order valence-electron chi connectivity index (χ1n) is 9.53. The Labute approximate surface area is 179 Å². The van der Waals surface area contributed by atoms with Crippen molar-refractivity contribution in [3.05, 3.63) is 70.2 Å². The molecule has 3 aromatic rings. The van der Waals surface area contributed by atoms with Crippen LogP contribution < -0.4 is 20.5 Å². The zero-order valence-electron chi connectivity index (χ0n) is 17.0. The Kier molecular flexibility index (Phi) is 5.27. The Hall–Kier alpha value is -3.63. The lowest BCUT2D eigenvalue weighted by Gasteiger charge is -2.16. The number of nitrogens with zero attached hydrogens (tertiary/aromatic N) is 3. The molecule has 32 heavy (non-hydrogen) atoms. The zero-order chi connectivity index (χ0) is 23.1. The van der Waals surface area contributed by atoms with Crippen LogP contribution in [-0.4, -0.2) is 20.1 Å². The summed E-state index contributed by atoms with van der Waals surface area (Å²) in [5.74, 6) is -0.278. The predicted molar refractivity (Wildman–Crippen MR) is 106 cm³/mol. The minimum atomic E-state index is -4.57. The number of benzene rings is 1. The van der Waals surface area contributed by atoms with Gasteiger partial charge in [0.25, 0.3) is 0 Å². The van der Waals surface area contributed by atoms with Crippen molar-refractivity contribution in [3.63, 3.8) is 0 Å². The van der Waals surface area contributed by atoms with E-state index >= 15 is 0 Å². The van der Waals surface area contributed by atoms with Gasteiger partial charge in [0.1, 0.15) is 23.9 Å². The summed E-state index contributed by atoms with van der Waals surface area (Å²) in [6.45, 7) is 4.33. The van der Waals surface area contributed by atoms with E-state index in [-0.39, 0.29) is 29.5 Å². The molecule has 4 rings (SSSR count). The minimum absolute atomic E-state index is 0.0425. The van der Waals surface area contributed by atoms with E-state index < -0.39 is 23.4 Å². The summed E-state index contributed by atoms with van der Waals surface area (Å²) in [6.07, 6.45) is -3.70. The Morgan fingerprint density at radius 1 is 1.19 bits per heavy atom. The molecule has 0 saturated carbocycles. The molecule has 3 heterocycles. The highest BCUT2D eigenvalue weighted by Crippen LogP contribution is 2.30. The Balaban J connectivity index is 1.42. The summed E-state index contributed by atoms with van der Waals surface area (Å²) >= 11 is 0. The van der Waals surface area contributed by atoms with Crippen LogP contribution >= 0.6 is 0 Å². The van der Waals surface area contributed by atoms with Crippen molar-refractivity contribution < 1.29 is 27.0 Å². The normalized spacial score (nSPS) is 14.6. The van der Waals surface area contributed by atoms with Crippen LogP contribution in [0.2, 0.25) is 0 Å². The third-order valence-electron chi connectivity index (χ3n) is 4.65. The molecule has 1 N–H and O–H groups in total. The fourth-order valence-electron chi connectivity index (χ4n) is 3.21. The lowest BCUT2D eigenvalue weighted by molar-refractivity contribution is -0.141. The summed E-state index contributed by atoms with van der Waals surface area (Å²) in [4.78, 5) is 19.3. The monoisotopic (exact) mass is 450 g/mol. The molecule has 1 aliphatic heterocycles.